The van der Waals surface area contributed by atoms with Gasteiger partial charge in [0.05, 0.1) is 35.7 Å². The highest BCUT2D eigenvalue weighted by Crippen LogP contribution is 2.16. The number of thiazole rings is 1. The number of aliphatic imine (C=N–C) groups is 1. The summed E-state index contributed by atoms with van der Waals surface area (Å²) in [7, 11) is 1.67. The van der Waals surface area contributed by atoms with Gasteiger partial charge in [-0.25, -0.2) is 4.98 Å². The molecule has 0 spiro atoms. The van der Waals surface area contributed by atoms with E-state index in [1.807, 2.05) is 13.8 Å². The fraction of sp³-hybridized carbons (Fsp3) is 0.333. The van der Waals surface area contributed by atoms with Gasteiger partial charge in [0, 0.05) is 18.1 Å². The van der Waals surface area contributed by atoms with E-state index in [-0.39, 0.29) is 12.5 Å². The summed E-state index contributed by atoms with van der Waals surface area (Å²) < 4.78 is 0. The zero-order valence-corrected chi connectivity index (χ0v) is 14.2. The van der Waals surface area contributed by atoms with Crippen LogP contribution in [0.25, 0.3) is 0 Å². The number of aryl methyl sites for hydroxylation is 2. The smallest absolute Gasteiger partial charge is 0.243 e. The van der Waals surface area contributed by atoms with Crippen LogP contribution in [0.5, 0.6) is 0 Å². The molecule has 3 N–H and O–H groups in total. The molecule has 0 aliphatic carbocycles. The van der Waals surface area contributed by atoms with Gasteiger partial charge in [-0.3, -0.25) is 14.8 Å². The summed E-state index contributed by atoms with van der Waals surface area (Å²) in [6.07, 6.45) is 3.25. The third kappa shape index (κ3) is 5.33. The first kappa shape index (κ1) is 16.9. The molecule has 1 amide bonds. The van der Waals surface area contributed by atoms with Crippen LogP contribution in [0.2, 0.25) is 0 Å². The van der Waals surface area contributed by atoms with Crippen molar-refractivity contribution in [2.24, 2.45) is 4.99 Å². The molecule has 0 bridgehead atoms. The number of amides is 1. The molecule has 2 rings (SSSR count). The van der Waals surface area contributed by atoms with Crippen LogP contribution in [0, 0.1) is 13.8 Å². The molecular formula is C15H20N6OS. The topological polar surface area (TPSA) is 91.3 Å². The molecular weight excluding hydrogens is 312 g/mol. The number of carbonyl (C=O) groups is 1. The van der Waals surface area contributed by atoms with Crippen molar-refractivity contribution in [3.05, 3.63) is 40.1 Å². The minimum Gasteiger partial charge on any atom is -0.351 e. The fourth-order valence-corrected chi connectivity index (χ4v) is 2.80. The Labute approximate surface area is 139 Å². The molecule has 2 aromatic heterocycles. The SMILES string of the molecule is CN=C(NCC(=O)Nc1cccnc1)NCc1sc(C)nc1C. The van der Waals surface area contributed by atoms with E-state index in [4.69, 9.17) is 0 Å². The molecule has 0 aromatic carbocycles. The van der Waals surface area contributed by atoms with Gasteiger partial charge < -0.3 is 16.0 Å². The number of rotatable bonds is 5. The second-order valence-electron chi connectivity index (χ2n) is 4.81. The van der Waals surface area contributed by atoms with Crippen LogP contribution >= 0.6 is 11.3 Å². The van der Waals surface area contributed by atoms with E-state index < -0.39 is 0 Å². The minimum atomic E-state index is -0.161. The highest BCUT2D eigenvalue weighted by Gasteiger charge is 2.07. The molecule has 23 heavy (non-hydrogen) atoms. The summed E-state index contributed by atoms with van der Waals surface area (Å²) in [4.78, 5) is 25.5. The third-order valence-electron chi connectivity index (χ3n) is 3.00. The highest BCUT2D eigenvalue weighted by atomic mass is 32.1. The van der Waals surface area contributed by atoms with E-state index >= 15 is 0 Å². The van der Waals surface area contributed by atoms with Crippen LogP contribution in [0.1, 0.15) is 15.6 Å². The van der Waals surface area contributed by atoms with Gasteiger partial charge in [0.25, 0.3) is 0 Å². The Kier molecular flexibility index (Phi) is 6.04. The molecule has 0 aliphatic rings. The molecule has 0 atom stereocenters. The molecule has 2 aromatic rings. The number of guanidine groups is 1. The first-order valence-corrected chi connectivity index (χ1v) is 7.97. The molecule has 0 aliphatic heterocycles. The van der Waals surface area contributed by atoms with Gasteiger partial charge in [-0.05, 0) is 26.0 Å². The monoisotopic (exact) mass is 332 g/mol. The molecule has 0 saturated carbocycles. The number of carbonyl (C=O) groups excluding carboxylic acids is 1. The van der Waals surface area contributed by atoms with Gasteiger partial charge in [-0.1, -0.05) is 0 Å². The van der Waals surface area contributed by atoms with E-state index in [9.17, 15) is 4.79 Å². The summed E-state index contributed by atoms with van der Waals surface area (Å²) >= 11 is 1.65. The zero-order valence-electron chi connectivity index (χ0n) is 13.4. The maximum Gasteiger partial charge on any atom is 0.243 e. The maximum absolute atomic E-state index is 11.9. The Morgan fingerprint density at radius 3 is 2.78 bits per heavy atom. The van der Waals surface area contributed by atoms with Crippen molar-refractivity contribution in [2.45, 2.75) is 20.4 Å². The van der Waals surface area contributed by atoms with Gasteiger partial charge in [0.2, 0.25) is 5.91 Å². The third-order valence-corrected chi connectivity index (χ3v) is 4.07. The summed E-state index contributed by atoms with van der Waals surface area (Å²) in [5, 5.41) is 9.95. The van der Waals surface area contributed by atoms with E-state index in [2.05, 4.69) is 30.9 Å². The standard InChI is InChI=1S/C15H20N6OS/c1-10-13(23-11(2)20-10)8-18-15(16-3)19-9-14(22)21-12-5-4-6-17-7-12/h4-7H,8-9H2,1-3H3,(H,21,22)(H2,16,18,19). The maximum atomic E-state index is 11.9. The lowest BCUT2D eigenvalue weighted by Gasteiger charge is -2.11. The first-order chi connectivity index (χ1) is 11.1. The van der Waals surface area contributed by atoms with Gasteiger partial charge >= 0.3 is 0 Å². The number of hydrogen-bond donors (Lipinski definition) is 3. The molecule has 8 heteroatoms. The predicted molar refractivity (Wildman–Crippen MR) is 92.7 cm³/mol. The average molecular weight is 332 g/mol. The predicted octanol–water partition coefficient (Wildman–Crippen LogP) is 1.46. The van der Waals surface area contributed by atoms with Crippen molar-refractivity contribution in [1.29, 1.82) is 0 Å². The van der Waals surface area contributed by atoms with Crippen LogP contribution in [0.4, 0.5) is 5.69 Å². The summed E-state index contributed by atoms with van der Waals surface area (Å²) in [6.45, 7) is 4.71. The highest BCUT2D eigenvalue weighted by molar-refractivity contribution is 7.11. The number of nitrogens with zero attached hydrogens (tertiary/aromatic N) is 3. The van der Waals surface area contributed by atoms with E-state index in [1.54, 1.807) is 42.9 Å². The van der Waals surface area contributed by atoms with Crippen LogP contribution in [0.15, 0.2) is 29.5 Å². The molecule has 2 heterocycles. The lowest BCUT2D eigenvalue weighted by molar-refractivity contribution is -0.115. The van der Waals surface area contributed by atoms with Crippen molar-refractivity contribution in [3.8, 4) is 0 Å². The Hall–Kier alpha value is -2.48. The number of aromatic nitrogens is 2. The van der Waals surface area contributed by atoms with Crippen LogP contribution in [-0.2, 0) is 11.3 Å². The summed E-state index contributed by atoms with van der Waals surface area (Å²) in [5.41, 5.74) is 1.68. The van der Waals surface area contributed by atoms with Gasteiger partial charge in [-0.15, -0.1) is 11.3 Å². The van der Waals surface area contributed by atoms with Crippen molar-refractivity contribution in [1.82, 2.24) is 20.6 Å². The molecule has 0 saturated heterocycles. The lowest BCUT2D eigenvalue weighted by Crippen LogP contribution is -2.41. The van der Waals surface area contributed by atoms with E-state index in [1.165, 1.54) is 0 Å². The largest absolute Gasteiger partial charge is 0.351 e. The normalized spacial score (nSPS) is 11.2. The zero-order chi connectivity index (χ0) is 16.7. The Balaban J connectivity index is 1.78. The van der Waals surface area contributed by atoms with Crippen LogP contribution in [0.3, 0.4) is 0 Å². The van der Waals surface area contributed by atoms with Gasteiger partial charge in [-0.2, -0.15) is 0 Å². The van der Waals surface area contributed by atoms with Crippen LogP contribution in [-0.4, -0.2) is 35.4 Å². The summed E-state index contributed by atoms with van der Waals surface area (Å²) in [6, 6.07) is 3.55. The Bertz CT molecular complexity index is 683. The number of nitrogens with one attached hydrogen (secondary N) is 3. The second-order valence-corrected chi connectivity index (χ2v) is 6.10. The van der Waals surface area contributed by atoms with Gasteiger partial charge in [0.15, 0.2) is 5.96 Å². The molecule has 0 radical (unpaired) electrons. The second kappa shape index (κ2) is 8.23. The fourth-order valence-electron chi connectivity index (χ4n) is 1.93. The van der Waals surface area contributed by atoms with E-state index in [0.717, 1.165) is 15.6 Å². The lowest BCUT2D eigenvalue weighted by atomic mass is 10.4. The first-order valence-electron chi connectivity index (χ1n) is 7.16. The van der Waals surface area contributed by atoms with Gasteiger partial charge in [0.1, 0.15) is 0 Å². The number of hydrogen-bond acceptors (Lipinski definition) is 5. The minimum absolute atomic E-state index is 0.120. The van der Waals surface area contributed by atoms with Crippen LogP contribution < -0.4 is 16.0 Å². The molecule has 0 unspecified atom stereocenters. The molecule has 122 valence electrons. The molecule has 0 fully saturated rings. The number of anilines is 1. The number of pyridine rings is 1. The molecule has 7 nitrogen and oxygen atoms in total. The van der Waals surface area contributed by atoms with Crippen molar-refractivity contribution in [3.63, 3.8) is 0 Å². The van der Waals surface area contributed by atoms with Crippen molar-refractivity contribution >= 4 is 28.9 Å². The van der Waals surface area contributed by atoms with Crippen molar-refractivity contribution in [2.75, 3.05) is 18.9 Å². The average Bonchev–Trinajstić information content (AvgIpc) is 2.86. The summed E-state index contributed by atoms with van der Waals surface area (Å²) in [5.74, 6) is 0.405. The van der Waals surface area contributed by atoms with Crippen molar-refractivity contribution < 1.29 is 4.79 Å². The quantitative estimate of drug-likeness (QED) is 0.569. The Morgan fingerprint density at radius 1 is 1.35 bits per heavy atom. The van der Waals surface area contributed by atoms with E-state index in [0.29, 0.717) is 18.2 Å². The Morgan fingerprint density at radius 2 is 2.17 bits per heavy atom.